The number of carbonyl (C=O) groups is 2. The molecule has 0 bridgehead atoms. The second-order valence-corrected chi connectivity index (χ2v) is 8.06. The second-order valence-electron chi connectivity index (χ2n) is 6.65. The van der Waals surface area contributed by atoms with Gasteiger partial charge in [-0.15, -0.1) is 11.8 Å². The number of rotatable bonds is 7. The van der Waals surface area contributed by atoms with E-state index in [1.807, 2.05) is 68.4 Å². The van der Waals surface area contributed by atoms with Gasteiger partial charge in [-0.2, -0.15) is 5.10 Å². The van der Waals surface area contributed by atoms with E-state index >= 15 is 0 Å². The number of aromatic nitrogens is 2. The summed E-state index contributed by atoms with van der Waals surface area (Å²) in [5.74, 6) is -0.320. The third-order valence-corrected chi connectivity index (χ3v) is 5.20. The highest BCUT2D eigenvalue weighted by atomic mass is 32.2. The molecule has 0 aliphatic rings. The number of benzene rings is 2. The minimum absolute atomic E-state index is 0.351. The fourth-order valence-corrected chi connectivity index (χ4v) is 3.54. The molecule has 7 heteroatoms. The molecule has 1 N–H and O–H groups in total. The van der Waals surface area contributed by atoms with E-state index < -0.39 is 17.1 Å². The molecule has 3 rings (SSSR count). The predicted octanol–water partition coefficient (Wildman–Crippen LogP) is 4.15. The van der Waals surface area contributed by atoms with E-state index in [9.17, 15) is 9.59 Å². The highest BCUT2D eigenvalue weighted by Crippen LogP contribution is 2.23. The molecule has 1 atom stereocenters. The number of nitrogens with zero attached hydrogens (tertiary/aromatic N) is 2. The molecule has 0 unspecified atom stereocenters. The first kappa shape index (κ1) is 20.7. The summed E-state index contributed by atoms with van der Waals surface area (Å²) in [7, 11) is 0. The zero-order chi connectivity index (χ0) is 20.8. The van der Waals surface area contributed by atoms with Crippen molar-refractivity contribution in [2.75, 3.05) is 11.9 Å². The predicted molar refractivity (Wildman–Crippen MR) is 114 cm³/mol. The highest BCUT2D eigenvalue weighted by Gasteiger charge is 2.18. The van der Waals surface area contributed by atoms with Crippen molar-refractivity contribution in [2.45, 2.75) is 30.9 Å². The topological polar surface area (TPSA) is 73.2 Å². The fraction of sp³-hybridized carbons (Fsp3) is 0.227. The summed E-state index contributed by atoms with van der Waals surface area (Å²) in [6.45, 7) is 5.26. The molecule has 29 heavy (non-hydrogen) atoms. The third kappa shape index (κ3) is 5.71. The van der Waals surface area contributed by atoms with Crippen LogP contribution in [-0.2, 0) is 14.3 Å². The standard InChI is InChI=1S/C22H23N3O3S/c1-15-9-11-18(12-10-15)25-20(13-16(2)24-25)23-21(26)14-28-22(27)17(3)29-19-7-5-4-6-8-19/h4-13,17H,14H2,1-3H3,(H,23,26)/t17-/m0/s1. The molecule has 0 spiro atoms. The molecule has 6 nitrogen and oxygen atoms in total. The maximum atomic E-state index is 12.3. The van der Waals surface area contributed by atoms with Gasteiger partial charge >= 0.3 is 5.97 Å². The average molecular weight is 410 g/mol. The molecular weight excluding hydrogens is 386 g/mol. The van der Waals surface area contributed by atoms with Gasteiger partial charge in [0.05, 0.1) is 11.4 Å². The molecule has 0 saturated carbocycles. The van der Waals surface area contributed by atoms with Crippen molar-refractivity contribution in [1.82, 2.24) is 9.78 Å². The number of ether oxygens (including phenoxy) is 1. The summed E-state index contributed by atoms with van der Waals surface area (Å²) in [5, 5.41) is 6.78. The zero-order valence-corrected chi connectivity index (χ0v) is 17.4. The third-order valence-electron chi connectivity index (χ3n) is 4.11. The SMILES string of the molecule is Cc1ccc(-n2nc(C)cc2NC(=O)COC(=O)[C@H](C)Sc2ccccc2)cc1. The monoisotopic (exact) mass is 409 g/mol. The van der Waals surface area contributed by atoms with Crippen LogP contribution in [0, 0.1) is 13.8 Å². The molecule has 0 fully saturated rings. The molecular formula is C22H23N3O3S. The Morgan fingerprint density at radius 1 is 1.10 bits per heavy atom. The first-order valence-electron chi connectivity index (χ1n) is 9.24. The van der Waals surface area contributed by atoms with Crippen LogP contribution in [0.15, 0.2) is 65.6 Å². The normalized spacial score (nSPS) is 11.7. The summed E-state index contributed by atoms with van der Waals surface area (Å²) in [4.78, 5) is 25.5. The quantitative estimate of drug-likeness (QED) is 0.469. The summed E-state index contributed by atoms with van der Waals surface area (Å²) in [5.41, 5.74) is 2.74. The molecule has 1 aromatic heterocycles. The molecule has 150 valence electrons. The Hall–Kier alpha value is -3.06. The largest absolute Gasteiger partial charge is 0.455 e. The molecule has 1 amide bonds. The van der Waals surface area contributed by atoms with Gasteiger partial charge in [-0.05, 0) is 45.0 Å². The number of esters is 1. The number of thioether (sulfide) groups is 1. The Morgan fingerprint density at radius 2 is 1.79 bits per heavy atom. The van der Waals surface area contributed by atoms with Gasteiger partial charge in [-0.1, -0.05) is 35.9 Å². The number of hydrogen-bond acceptors (Lipinski definition) is 5. The van der Waals surface area contributed by atoms with E-state index in [0.717, 1.165) is 21.8 Å². The molecule has 0 aliphatic carbocycles. The van der Waals surface area contributed by atoms with E-state index in [1.54, 1.807) is 17.7 Å². The average Bonchev–Trinajstić information content (AvgIpc) is 3.07. The zero-order valence-electron chi connectivity index (χ0n) is 16.6. The van der Waals surface area contributed by atoms with E-state index in [-0.39, 0.29) is 6.61 Å². The minimum Gasteiger partial charge on any atom is -0.455 e. The summed E-state index contributed by atoms with van der Waals surface area (Å²) in [6.07, 6.45) is 0. The van der Waals surface area contributed by atoms with Gasteiger partial charge in [0.25, 0.3) is 5.91 Å². The number of anilines is 1. The Morgan fingerprint density at radius 3 is 2.48 bits per heavy atom. The van der Waals surface area contributed by atoms with Crippen LogP contribution in [0.1, 0.15) is 18.2 Å². The summed E-state index contributed by atoms with van der Waals surface area (Å²) < 4.78 is 6.83. The lowest BCUT2D eigenvalue weighted by atomic mass is 10.2. The van der Waals surface area contributed by atoms with Crippen LogP contribution in [0.5, 0.6) is 0 Å². The molecule has 3 aromatic rings. The first-order valence-corrected chi connectivity index (χ1v) is 10.1. The van der Waals surface area contributed by atoms with Crippen LogP contribution in [0.25, 0.3) is 5.69 Å². The summed E-state index contributed by atoms with van der Waals surface area (Å²) >= 11 is 1.39. The minimum atomic E-state index is -0.433. The lowest BCUT2D eigenvalue weighted by molar-refractivity contribution is -0.146. The van der Waals surface area contributed by atoms with Crippen molar-refractivity contribution in [3.05, 3.63) is 71.9 Å². The molecule has 0 radical (unpaired) electrons. The lowest BCUT2D eigenvalue weighted by Crippen LogP contribution is -2.25. The van der Waals surface area contributed by atoms with Crippen molar-refractivity contribution >= 4 is 29.5 Å². The Balaban J connectivity index is 1.57. The molecule has 0 aliphatic heterocycles. The second kappa shape index (κ2) is 9.43. The van der Waals surface area contributed by atoms with Gasteiger partial charge in [-0.3, -0.25) is 9.59 Å². The van der Waals surface area contributed by atoms with Gasteiger partial charge in [0, 0.05) is 11.0 Å². The molecule has 2 aromatic carbocycles. The smallest absolute Gasteiger partial charge is 0.319 e. The van der Waals surface area contributed by atoms with Crippen molar-refractivity contribution < 1.29 is 14.3 Å². The van der Waals surface area contributed by atoms with Gasteiger partial charge in [0.2, 0.25) is 0 Å². The van der Waals surface area contributed by atoms with Crippen LogP contribution in [0.2, 0.25) is 0 Å². The van der Waals surface area contributed by atoms with Crippen molar-refractivity contribution in [3.63, 3.8) is 0 Å². The van der Waals surface area contributed by atoms with E-state index in [2.05, 4.69) is 10.4 Å². The van der Waals surface area contributed by atoms with E-state index in [4.69, 9.17) is 4.74 Å². The van der Waals surface area contributed by atoms with Crippen molar-refractivity contribution in [2.24, 2.45) is 0 Å². The molecule has 0 saturated heterocycles. The van der Waals surface area contributed by atoms with Crippen LogP contribution in [0.4, 0.5) is 5.82 Å². The van der Waals surface area contributed by atoms with Crippen LogP contribution >= 0.6 is 11.8 Å². The Kier molecular flexibility index (Phi) is 6.72. The number of hydrogen-bond donors (Lipinski definition) is 1. The van der Waals surface area contributed by atoms with Gasteiger partial charge < -0.3 is 10.1 Å². The van der Waals surface area contributed by atoms with Crippen LogP contribution < -0.4 is 5.32 Å². The van der Waals surface area contributed by atoms with Gasteiger partial charge in [0.15, 0.2) is 6.61 Å². The van der Waals surface area contributed by atoms with E-state index in [0.29, 0.717) is 5.82 Å². The molecule has 1 heterocycles. The maximum absolute atomic E-state index is 12.3. The number of aryl methyl sites for hydroxylation is 2. The van der Waals surface area contributed by atoms with Crippen LogP contribution in [0.3, 0.4) is 0 Å². The maximum Gasteiger partial charge on any atom is 0.319 e. The Bertz CT molecular complexity index is 984. The summed E-state index contributed by atoms with van der Waals surface area (Å²) in [6, 6.07) is 19.2. The first-order chi connectivity index (χ1) is 13.9. The van der Waals surface area contributed by atoms with Crippen molar-refractivity contribution in [1.29, 1.82) is 0 Å². The number of nitrogens with one attached hydrogen (secondary N) is 1. The van der Waals surface area contributed by atoms with E-state index in [1.165, 1.54) is 11.8 Å². The van der Waals surface area contributed by atoms with Gasteiger partial charge in [-0.25, -0.2) is 4.68 Å². The lowest BCUT2D eigenvalue weighted by Gasteiger charge is -2.12. The fourth-order valence-electron chi connectivity index (χ4n) is 2.66. The van der Waals surface area contributed by atoms with Gasteiger partial charge in [0.1, 0.15) is 11.1 Å². The number of amides is 1. The highest BCUT2D eigenvalue weighted by molar-refractivity contribution is 8.00. The van der Waals surface area contributed by atoms with Crippen molar-refractivity contribution in [3.8, 4) is 5.69 Å². The number of carbonyl (C=O) groups excluding carboxylic acids is 2. The Labute approximate surface area is 174 Å². The van der Waals surface area contributed by atoms with Crippen LogP contribution in [-0.4, -0.2) is 33.5 Å².